The summed E-state index contributed by atoms with van der Waals surface area (Å²) in [5.74, 6) is 0.585. The van der Waals surface area contributed by atoms with E-state index in [4.69, 9.17) is 11.6 Å². The molecule has 1 rings (SSSR count). The van der Waals surface area contributed by atoms with Gasteiger partial charge in [-0.2, -0.15) is 5.10 Å². The maximum absolute atomic E-state index is 6.41. The molecule has 0 bridgehead atoms. The lowest BCUT2D eigenvalue weighted by Crippen LogP contribution is -2.31. The van der Waals surface area contributed by atoms with Crippen LogP contribution in [-0.2, 0) is 6.54 Å². The number of hydrogen-bond donors (Lipinski definition) is 1. The number of halogens is 1. The molecule has 1 heterocycles. The molecule has 0 fully saturated rings. The third kappa shape index (κ3) is 4.47. The molecule has 116 valence electrons. The van der Waals surface area contributed by atoms with Crippen LogP contribution in [0.4, 0.5) is 0 Å². The zero-order valence-electron chi connectivity index (χ0n) is 13.5. The second kappa shape index (κ2) is 8.65. The van der Waals surface area contributed by atoms with Crippen LogP contribution in [0.1, 0.15) is 45.3 Å². The minimum atomic E-state index is 0.284. The first kappa shape index (κ1) is 17.5. The van der Waals surface area contributed by atoms with Crippen molar-refractivity contribution >= 4 is 11.6 Å². The summed E-state index contributed by atoms with van der Waals surface area (Å²) in [4.78, 5) is 2.17. The predicted molar refractivity (Wildman–Crippen MR) is 86.3 cm³/mol. The van der Waals surface area contributed by atoms with Gasteiger partial charge in [-0.1, -0.05) is 45.2 Å². The molecule has 5 heteroatoms. The molecule has 0 saturated heterocycles. The fraction of sp³-hybridized carbons (Fsp3) is 0.800. The number of aromatic nitrogens is 2. The highest BCUT2D eigenvalue weighted by Gasteiger charge is 2.25. The van der Waals surface area contributed by atoms with E-state index in [2.05, 4.69) is 54.9 Å². The Bertz CT molecular complexity index is 385. The molecule has 4 nitrogen and oxygen atoms in total. The van der Waals surface area contributed by atoms with Gasteiger partial charge < -0.3 is 10.2 Å². The molecule has 0 radical (unpaired) electrons. The molecule has 0 amide bonds. The van der Waals surface area contributed by atoms with Crippen molar-refractivity contribution < 1.29 is 0 Å². The fourth-order valence-electron chi connectivity index (χ4n) is 2.62. The highest BCUT2D eigenvalue weighted by atomic mass is 35.5. The average Bonchev–Trinajstić information content (AvgIpc) is 2.77. The maximum atomic E-state index is 6.41. The van der Waals surface area contributed by atoms with Crippen LogP contribution < -0.4 is 5.32 Å². The predicted octanol–water partition coefficient (Wildman–Crippen LogP) is 3.18. The van der Waals surface area contributed by atoms with Crippen LogP contribution in [0.5, 0.6) is 0 Å². The van der Waals surface area contributed by atoms with Crippen LogP contribution >= 0.6 is 11.6 Å². The van der Waals surface area contributed by atoms with Crippen molar-refractivity contribution in [2.45, 2.75) is 46.2 Å². The summed E-state index contributed by atoms with van der Waals surface area (Å²) in [5.41, 5.74) is 1.14. The Labute approximate surface area is 128 Å². The van der Waals surface area contributed by atoms with E-state index < -0.39 is 0 Å². The monoisotopic (exact) mass is 300 g/mol. The number of nitrogens with zero attached hydrogens (tertiary/aromatic N) is 3. The van der Waals surface area contributed by atoms with Crippen LogP contribution in [0.15, 0.2) is 6.20 Å². The fourth-order valence-corrected chi connectivity index (χ4v) is 2.88. The highest BCUT2D eigenvalue weighted by Crippen LogP contribution is 2.31. The maximum Gasteiger partial charge on any atom is 0.0834 e. The van der Waals surface area contributed by atoms with Crippen molar-refractivity contribution in [3.63, 3.8) is 0 Å². The largest absolute Gasteiger partial charge is 0.309 e. The zero-order chi connectivity index (χ0) is 15.1. The second-order valence-corrected chi connectivity index (χ2v) is 5.92. The summed E-state index contributed by atoms with van der Waals surface area (Å²) in [6.07, 6.45) is 4.06. The molecule has 1 N–H and O–H groups in total. The summed E-state index contributed by atoms with van der Waals surface area (Å²) in [5, 5.41) is 8.84. The summed E-state index contributed by atoms with van der Waals surface area (Å²) < 4.78 is 2.06. The standard InChI is InChI=1S/C15H29ClN4/c1-6-12(7-2)14(17-8-3)15-13(16)11-18-20(15)10-9-19(4)5/h11-12,14,17H,6-10H2,1-5H3. The number of hydrogen-bond acceptors (Lipinski definition) is 3. The van der Waals surface area contributed by atoms with Gasteiger partial charge in [-0.25, -0.2) is 0 Å². The SMILES string of the molecule is CCNC(c1c(Cl)cnn1CCN(C)C)C(CC)CC. The minimum Gasteiger partial charge on any atom is -0.309 e. The van der Waals surface area contributed by atoms with Gasteiger partial charge in [0.1, 0.15) is 0 Å². The van der Waals surface area contributed by atoms with Crippen molar-refractivity contribution in [2.75, 3.05) is 27.2 Å². The van der Waals surface area contributed by atoms with E-state index in [0.717, 1.165) is 43.2 Å². The molecule has 1 aromatic heterocycles. The first-order valence-electron chi connectivity index (χ1n) is 7.64. The molecule has 0 saturated carbocycles. The van der Waals surface area contributed by atoms with Gasteiger partial charge in [0.25, 0.3) is 0 Å². The molecule has 0 aliphatic carbocycles. The molecule has 0 aliphatic rings. The smallest absolute Gasteiger partial charge is 0.0834 e. The average molecular weight is 301 g/mol. The molecular weight excluding hydrogens is 272 g/mol. The van der Waals surface area contributed by atoms with Crippen molar-refractivity contribution in [1.29, 1.82) is 0 Å². The lowest BCUT2D eigenvalue weighted by molar-refractivity contribution is 0.314. The number of likely N-dealkylation sites (N-methyl/N-ethyl adjacent to an activating group) is 1. The first-order valence-corrected chi connectivity index (χ1v) is 8.02. The van der Waals surface area contributed by atoms with Gasteiger partial charge in [-0.05, 0) is 26.6 Å². The Morgan fingerprint density at radius 2 is 1.95 bits per heavy atom. The Morgan fingerprint density at radius 3 is 2.45 bits per heavy atom. The van der Waals surface area contributed by atoms with Gasteiger partial charge in [0, 0.05) is 6.54 Å². The summed E-state index contributed by atoms with van der Waals surface area (Å²) in [6, 6.07) is 0.284. The van der Waals surface area contributed by atoms with E-state index in [1.54, 1.807) is 6.20 Å². The van der Waals surface area contributed by atoms with Crippen molar-refractivity contribution in [1.82, 2.24) is 20.0 Å². The van der Waals surface area contributed by atoms with E-state index in [0.29, 0.717) is 5.92 Å². The van der Waals surface area contributed by atoms with Crippen molar-refractivity contribution in [2.24, 2.45) is 5.92 Å². The Hall–Kier alpha value is -0.580. The van der Waals surface area contributed by atoms with Gasteiger partial charge in [-0.3, -0.25) is 4.68 Å². The van der Waals surface area contributed by atoms with E-state index in [-0.39, 0.29) is 6.04 Å². The molecule has 1 aromatic rings. The van der Waals surface area contributed by atoms with Crippen LogP contribution in [0.2, 0.25) is 5.02 Å². The summed E-state index contributed by atoms with van der Waals surface area (Å²) in [7, 11) is 4.15. The van der Waals surface area contributed by atoms with Crippen LogP contribution in [0.3, 0.4) is 0 Å². The molecule has 0 aromatic carbocycles. The van der Waals surface area contributed by atoms with Gasteiger partial charge in [-0.15, -0.1) is 0 Å². The highest BCUT2D eigenvalue weighted by molar-refractivity contribution is 6.31. The van der Waals surface area contributed by atoms with Gasteiger partial charge in [0.15, 0.2) is 0 Å². The van der Waals surface area contributed by atoms with Crippen LogP contribution in [0, 0.1) is 5.92 Å². The topological polar surface area (TPSA) is 33.1 Å². The third-order valence-electron chi connectivity index (χ3n) is 3.83. The molecular formula is C15H29ClN4. The third-order valence-corrected chi connectivity index (χ3v) is 4.12. The summed E-state index contributed by atoms with van der Waals surface area (Å²) in [6.45, 7) is 9.41. The lowest BCUT2D eigenvalue weighted by atomic mass is 9.91. The molecule has 1 unspecified atom stereocenters. The quantitative estimate of drug-likeness (QED) is 0.760. The van der Waals surface area contributed by atoms with E-state index in [1.807, 2.05) is 0 Å². The normalized spacial score (nSPS) is 13.4. The Morgan fingerprint density at radius 1 is 1.30 bits per heavy atom. The van der Waals surface area contributed by atoms with Gasteiger partial charge in [0.05, 0.1) is 29.5 Å². The molecule has 20 heavy (non-hydrogen) atoms. The minimum absolute atomic E-state index is 0.284. The van der Waals surface area contributed by atoms with Gasteiger partial charge >= 0.3 is 0 Å². The van der Waals surface area contributed by atoms with E-state index in [1.165, 1.54) is 0 Å². The van der Waals surface area contributed by atoms with Gasteiger partial charge in [0.2, 0.25) is 0 Å². The Kier molecular flexibility index (Phi) is 7.56. The zero-order valence-corrected chi connectivity index (χ0v) is 14.2. The van der Waals surface area contributed by atoms with Crippen LogP contribution in [-0.4, -0.2) is 41.9 Å². The summed E-state index contributed by atoms with van der Waals surface area (Å²) >= 11 is 6.41. The first-order chi connectivity index (χ1) is 9.54. The number of rotatable bonds is 9. The van der Waals surface area contributed by atoms with E-state index in [9.17, 15) is 0 Å². The van der Waals surface area contributed by atoms with Crippen molar-refractivity contribution in [3.05, 3.63) is 16.9 Å². The van der Waals surface area contributed by atoms with Crippen molar-refractivity contribution in [3.8, 4) is 0 Å². The molecule has 0 aliphatic heterocycles. The molecule has 1 atom stereocenters. The number of nitrogens with one attached hydrogen (secondary N) is 1. The molecule has 0 spiro atoms. The van der Waals surface area contributed by atoms with E-state index >= 15 is 0 Å². The van der Waals surface area contributed by atoms with Crippen LogP contribution in [0.25, 0.3) is 0 Å². The lowest BCUT2D eigenvalue weighted by Gasteiger charge is -2.27. The second-order valence-electron chi connectivity index (χ2n) is 5.52. The Balaban J connectivity index is 3.02.